The molecule has 0 saturated heterocycles. The number of nitrogens with zero attached hydrogens (tertiary/aromatic N) is 1. The fraction of sp³-hybridized carbons (Fsp3) is 0.357. The second-order valence-electron chi connectivity index (χ2n) is 5.22. The lowest BCUT2D eigenvalue weighted by Gasteiger charge is -2.19. The molecule has 1 aromatic rings. The van der Waals surface area contributed by atoms with Gasteiger partial charge >= 0.3 is 12.1 Å². The maximum atomic E-state index is 12.3. The molecule has 0 saturated carbocycles. The normalized spacial score (nSPS) is 13.4. The molecule has 0 aliphatic heterocycles. The van der Waals surface area contributed by atoms with Crippen LogP contribution in [0.5, 0.6) is 0 Å². The average Bonchev–Trinajstić information content (AvgIpc) is 2.52. The van der Waals surface area contributed by atoms with Crippen molar-refractivity contribution in [1.82, 2.24) is 10.6 Å². The molecule has 2 amide bonds. The minimum Gasteiger partial charge on any atom is -0.480 e. The van der Waals surface area contributed by atoms with Crippen molar-refractivity contribution in [2.45, 2.75) is 31.6 Å². The summed E-state index contributed by atoms with van der Waals surface area (Å²) in [7, 11) is 0. The molecule has 12 heteroatoms. The monoisotopic (exact) mass is 377 g/mol. The van der Waals surface area contributed by atoms with E-state index in [0.717, 1.165) is 19.1 Å². The number of amides is 2. The van der Waals surface area contributed by atoms with E-state index in [1.165, 1.54) is 12.1 Å². The van der Waals surface area contributed by atoms with E-state index in [4.69, 9.17) is 5.11 Å². The molecule has 1 rings (SSSR count). The van der Waals surface area contributed by atoms with Gasteiger partial charge in [-0.2, -0.15) is 13.2 Å². The van der Waals surface area contributed by atoms with Crippen molar-refractivity contribution in [2.75, 3.05) is 0 Å². The molecule has 9 nitrogen and oxygen atoms in total. The van der Waals surface area contributed by atoms with Gasteiger partial charge in [-0.1, -0.05) is 6.07 Å². The third-order valence-corrected chi connectivity index (χ3v) is 3.11. The Bertz CT molecular complexity index is 722. The van der Waals surface area contributed by atoms with Crippen molar-refractivity contribution in [3.05, 3.63) is 39.9 Å². The van der Waals surface area contributed by atoms with Crippen LogP contribution in [0.1, 0.15) is 23.7 Å². The van der Waals surface area contributed by atoms with Gasteiger partial charge in [-0.25, -0.2) is 4.79 Å². The number of aliphatic carboxylic acids is 1. The van der Waals surface area contributed by atoms with Gasteiger partial charge in [0.25, 0.3) is 11.6 Å². The fourth-order valence-corrected chi connectivity index (χ4v) is 1.83. The summed E-state index contributed by atoms with van der Waals surface area (Å²) in [5, 5.41) is 23.2. The minimum atomic E-state index is -4.81. The summed E-state index contributed by atoms with van der Waals surface area (Å²) in [6.07, 6.45) is -6.59. The molecule has 0 radical (unpaired) electrons. The van der Waals surface area contributed by atoms with E-state index < -0.39 is 47.4 Å². The maximum Gasteiger partial charge on any atom is 0.391 e. The predicted octanol–water partition coefficient (Wildman–Crippen LogP) is 1.23. The standard InChI is InChI=1S/C14H14F3N3O6/c1-7(11(21)19-10(13(23)24)6-14(15,16)17)18-12(22)8-3-2-4-9(5-8)20(25)26/h2-5,7,10H,6H2,1H3,(H,18,22)(H,19,21)(H,23,24). The van der Waals surface area contributed by atoms with Crippen LogP contribution in [-0.4, -0.2) is 46.1 Å². The lowest BCUT2D eigenvalue weighted by atomic mass is 10.1. The van der Waals surface area contributed by atoms with Crippen molar-refractivity contribution >= 4 is 23.5 Å². The highest BCUT2D eigenvalue weighted by atomic mass is 19.4. The lowest BCUT2D eigenvalue weighted by Crippen LogP contribution is -2.51. The van der Waals surface area contributed by atoms with Gasteiger partial charge in [0, 0.05) is 17.7 Å². The van der Waals surface area contributed by atoms with Crippen LogP contribution in [-0.2, 0) is 9.59 Å². The number of nitro groups is 1. The molecule has 0 aromatic heterocycles. The smallest absolute Gasteiger partial charge is 0.391 e. The molecule has 0 spiro atoms. The number of benzene rings is 1. The molecular formula is C14H14F3N3O6. The molecule has 3 N–H and O–H groups in total. The van der Waals surface area contributed by atoms with E-state index in [2.05, 4.69) is 5.32 Å². The largest absolute Gasteiger partial charge is 0.480 e. The highest BCUT2D eigenvalue weighted by molar-refractivity contribution is 5.98. The molecule has 2 atom stereocenters. The summed E-state index contributed by atoms with van der Waals surface area (Å²) in [4.78, 5) is 44.5. The summed E-state index contributed by atoms with van der Waals surface area (Å²) >= 11 is 0. The Balaban J connectivity index is 2.76. The van der Waals surface area contributed by atoms with Gasteiger partial charge in [0.1, 0.15) is 12.1 Å². The van der Waals surface area contributed by atoms with Gasteiger partial charge in [-0.05, 0) is 13.0 Å². The third-order valence-electron chi connectivity index (χ3n) is 3.11. The van der Waals surface area contributed by atoms with Gasteiger partial charge in [-0.3, -0.25) is 19.7 Å². The molecule has 0 bridgehead atoms. The highest BCUT2D eigenvalue weighted by Gasteiger charge is 2.37. The van der Waals surface area contributed by atoms with Gasteiger partial charge in [0.2, 0.25) is 5.91 Å². The van der Waals surface area contributed by atoms with E-state index in [0.29, 0.717) is 0 Å². The Kier molecular flexibility index (Phi) is 6.64. The van der Waals surface area contributed by atoms with Crippen LogP contribution in [0.2, 0.25) is 0 Å². The number of hydrogen-bond donors (Lipinski definition) is 3. The second kappa shape index (κ2) is 8.27. The van der Waals surface area contributed by atoms with E-state index in [9.17, 15) is 37.7 Å². The predicted molar refractivity (Wildman–Crippen MR) is 80.3 cm³/mol. The van der Waals surface area contributed by atoms with E-state index in [1.54, 1.807) is 5.32 Å². The summed E-state index contributed by atoms with van der Waals surface area (Å²) in [6, 6.07) is 0.972. The highest BCUT2D eigenvalue weighted by Crippen LogP contribution is 2.21. The Morgan fingerprint density at radius 2 is 1.88 bits per heavy atom. The molecule has 0 aliphatic rings. The van der Waals surface area contributed by atoms with Crippen LogP contribution >= 0.6 is 0 Å². The number of carboxylic acid groups (broad SMARTS) is 1. The van der Waals surface area contributed by atoms with Gasteiger partial charge in [0.05, 0.1) is 11.3 Å². The van der Waals surface area contributed by atoms with Crippen LogP contribution < -0.4 is 10.6 Å². The SMILES string of the molecule is CC(NC(=O)c1cccc([N+](=O)[O-])c1)C(=O)NC(CC(F)(F)F)C(=O)O. The zero-order valence-corrected chi connectivity index (χ0v) is 13.2. The van der Waals surface area contributed by atoms with Crippen LogP contribution in [0.15, 0.2) is 24.3 Å². The van der Waals surface area contributed by atoms with Gasteiger partial charge in [0.15, 0.2) is 0 Å². The Morgan fingerprint density at radius 3 is 2.38 bits per heavy atom. The van der Waals surface area contributed by atoms with Crippen molar-refractivity contribution in [2.24, 2.45) is 0 Å². The van der Waals surface area contributed by atoms with Crippen LogP contribution in [0, 0.1) is 10.1 Å². The van der Waals surface area contributed by atoms with Crippen LogP contribution in [0.3, 0.4) is 0 Å². The third kappa shape index (κ3) is 6.37. The minimum absolute atomic E-state index is 0.149. The van der Waals surface area contributed by atoms with Gasteiger partial charge < -0.3 is 15.7 Å². The number of carbonyl (C=O) groups is 3. The first-order valence-electron chi connectivity index (χ1n) is 7.06. The number of alkyl halides is 3. The summed E-state index contributed by atoms with van der Waals surface area (Å²) in [5.74, 6) is -3.92. The number of nitro benzene ring substituents is 1. The zero-order valence-electron chi connectivity index (χ0n) is 13.2. The average molecular weight is 377 g/mol. The molecule has 1 aromatic carbocycles. The fourth-order valence-electron chi connectivity index (χ4n) is 1.83. The summed E-state index contributed by atoms with van der Waals surface area (Å²) in [5.41, 5.74) is -0.519. The van der Waals surface area contributed by atoms with Crippen LogP contribution in [0.4, 0.5) is 18.9 Å². The molecular weight excluding hydrogens is 363 g/mol. The van der Waals surface area contributed by atoms with Crippen molar-refractivity contribution in [3.63, 3.8) is 0 Å². The summed E-state index contributed by atoms with van der Waals surface area (Å²) < 4.78 is 36.9. The Hall–Kier alpha value is -3.18. The zero-order chi connectivity index (χ0) is 20.1. The van der Waals surface area contributed by atoms with Gasteiger partial charge in [-0.15, -0.1) is 0 Å². The number of non-ortho nitro benzene ring substituents is 1. The number of nitrogens with one attached hydrogen (secondary N) is 2. The number of hydrogen-bond acceptors (Lipinski definition) is 5. The van der Waals surface area contributed by atoms with Crippen LogP contribution in [0.25, 0.3) is 0 Å². The molecule has 0 fully saturated rings. The summed E-state index contributed by atoms with van der Waals surface area (Å²) in [6.45, 7) is 1.12. The lowest BCUT2D eigenvalue weighted by molar-refractivity contribution is -0.384. The second-order valence-corrected chi connectivity index (χ2v) is 5.22. The first kappa shape index (κ1) is 20.9. The molecule has 26 heavy (non-hydrogen) atoms. The van der Waals surface area contributed by atoms with Crippen molar-refractivity contribution in [1.29, 1.82) is 0 Å². The van der Waals surface area contributed by atoms with Crippen molar-refractivity contribution in [3.8, 4) is 0 Å². The van der Waals surface area contributed by atoms with E-state index in [-0.39, 0.29) is 11.3 Å². The molecule has 142 valence electrons. The van der Waals surface area contributed by atoms with E-state index in [1.807, 2.05) is 0 Å². The molecule has 0 aliphatic carbocycles. The molecule has 0 heterocycles. The molecule has 2 unspecified atom stereocenters. The first-order valence-corrected chi connectivity index (χ1v) is 7.06. The van der Waals surface area contributed by atoms with Crippen molar-refractivity contribution < 1.29 is 37.6 Å². The number of carbonyl (C=O) groups excluding carboxylic acids is 2. The number of carboxylic acids is 1. The first-order chi connectivity index (χ1) is 11.9. The number of rotatable bonds is 7. The number of halogens is 3. The quantitative estimate of drug-likeness (QED) is 0.483. The Labute approximate surface area is 144 Å². The topological polar surface area (TPSA) is 139 Å². The van der Waals surface area contributed by atoms with E-state index >= 15 is 0 Å². The Morgan fingerprint density at radius 1 is 1.27 bits per heavy atom. The maximum absolute atomic E-state index is 12.3.